The molecule has 1 atom stereocenters. The number of hydrogen-bond donors (Lipinski definition) is 2. The van der Waals surface area contributed by atoms with Gasteiger partial charge in [-0.2, -0.15) is 0 Å². The molecule has 5 nitrogen and oxygen atoms in total. The van der Waals surface area contributed by atoms with Crippen molar-refractivity contribution in [2.75, 3.05) is 31.5 Å². The number of para-hydroxylation sites is 2. The molecule has 2 N–H and O–H groups in total. The van der Waals surface area contributed by atoms with Crippen LogP contribution in [0.15, 0.2) is 97.1 Å². The largest absolute Gasteiger partial charge is 0.383 e. The number of carbonyl (C=O) groups is 1. The number of aryl methyl sites for hydroxylation is 1. The maximum Gasteiger partial charge on any atom is 0.256 e. The van der Waals surface area contributed by atoms with Crippen molar-refractivity contribution in [2.24, 2.45) is 0 Å². The van der Waals surface area contributed by atoms with Crippen LogP contribution in [0.4, 0.5) is 5.69 Å². The minimum atomic E-state index is 0.0606. The highest BCUT2D eigenvalue weighted by Crippen LogP contribution is 2.32. The highest BCUT2D eigenvalue weighted by atomic mass is 16.2. The molecule has 5 rings (SSSR count). The standard InChI is InChI=1S/C29H30N4O/c1-22-19-27(28(23-11-5-2-6-12-23)33(22)25-15-9-4-10-16-25)29(34)32-18-17-30-20-26(32)21-31-24-13-7-3-8-14-24/h2-16,19,26,30-31H,17-18,20-21H2,1H3/t26-/m1/s1. The Kier molecular flexibility index (Phi) is 6.45. The van der Waals surface area contributed by atoms with Gasteiger partial charge < -0.3 is 20.1 Å². The summed E-state index contributed by atoms with van der Waals surface area (Å²) in [6.07, 6.45) is 0. The number of carbonyl (C=O) groups excluding carboxylic acids is 1. The zero-order valence-corrected chi connectivity index (χ0v) is 19.4. The number of benzene rings is 3. The first-order valence-corrected chi connectivity index (χ1v) is 11.9. The molecule has 0 spiro atoms. The van der Waals surface area contributed by atoms with Gasteiger partial charge in [-0.1, -0.05) is 66.7 Å². The summed E-state index contributed by atoms with van der Waals surface area (Å²) in [5.74, 6) is 0.0815. The van der Waals surface area contributed by atoms with Crippen LogP contribution in [-0.2, 0) is 0 Å². The molecule has 34 heavy (non-hydrogen) atoms. The summed E-state index contributed by atoms with van der Waals surface area (Å²) in [4.78, 5) is 16.1. The lowest BCUT2D eigenvalue weighted by atomic mass is 10.0. The van der Waals surface area contributed by atoms with Crippen LogP contribution in [0.2, 0.25) is 0 Å². The van der Waals surface area contributed by atoms with Crippen molar-refractivity contribution in [2.45, 2.75) is 13.0 Å². The van der Waals surface area contributed by atoms with Gasteiger partial charge in [-0.15, -0.1) is 0 Å². The van der Waals surface area contributed by atoms with E-state index >= 15 is 0 Å². The summed E-state index contributed by atoms with van der Waals surface area (Å²) in [7, 11) is 0. The lowest BCUT2D eigenvalue weighted by Gasteiger charge is -2.36. The molecular formula is C29H30N4O. The predicted octanol–water partition coefficient (Wildman–Crippen LogP) is 4.98. The van der Waals surface area contributed by atoms with Crippen molar-refractivity contribution in [3.8, 4) is 16.9 Å². The van der Waals surface area contributed by atoms with E-state index in [0.29, 0.717) is 13.1 Å². The van der Waals surface area contributed by atoms with Gasteiger partial charge in [0, 0.05) is 43.2 Å². The molecule has 1 saturated heterocycles. The monoisotopic (exact) mass is 450 g/mol. The molecule has 0 aliphatic carbocycles. The second-order valence-corrected chi connectivity index (χ2v) is 8.69. The van der Waals surface area contributed by atoms with Gasteiger partial charge in [0.1, 0.15) is 0 Å². The van der Waals surface area contributed by atoms with Gasteiger partial charge in [0.25, 0.3) is 5.91 Å². The molecule has 4 aromatic rings. The Bertz CT molecular complexity index is 1240. The van der Waals surface area contributed by atoms with Gasteiger partial charge in [0.05, 0.1) is 17.3 Å². The van der Waals surface area contributed by atoms with Gasteiger partial charge in [-0.25, -0.2) is 0 Å². The van der Waals surface area contributed by atoms with Crippen molar-refractivity contribution in [1.82, 2.24) is 14.8 Å². The highest BCUT2D eigenvalue weighted by molar-refractivity contribution is 6.01. The highest BCUT2D eigenvalue weighted by Gasteiger charge is 2.31. The van der Waals surface area contributed by atoms with Crippen LogP contribution in [-0.4, -0.2) is 47.6 Å². The number of anilines is 1. The third-order valence-electron chi connectivity index (χ3n) is 6.40. The van der Waals surface area contributed by atoms with E-state index in [1.54, 1.807) is 0 Å². The second kappa shape index (κ2) is 9.98. The zero-order valence-electron chi connectivity index (χ0n) is 19.4. The van der Waals surface area contributed by atoms with Crippen molar-refractivity contribution in [1.29, 1.82) is 0 Å². The average Bonchev–Trinajstić information content (AvgIpc) is 3.26. The van der Waals surface area contributed by atoms with Gasteiger partial charge in [0.15, 0.2) is 0 Å². The Morgan fingerprint density at radius 1 is 0.941 bits per heavy atom. The first-order chi connectivity index (χ1) is 16.7. The van der Waals surface area contributed by atoms with Crippen LogP contribution >= 0.6 is 0 Å². The summed E-state index contributed by atoms with van der Waals surface area (Å²) in [6.45, 7) is 5.02. The number of aromatic nitrogens is 1. The van der Waals surface area contributed by atoms with E-state index in [2.05, 4.69) is 58.5 Å². The summed E-state index contributed by atoms with van der Waals surface area (Å²) in [5.41, 5.74) is 5.90. The van der Waals surface area contributed by atoms with Crippen LogP contribution in [0.25, 0.3) is 16.9 Å². The minimum Gasteiger partial charge on any atom is -0.383 e. The number of amides is 1. The van der Waals surface area contributed by atoms with Crippen LogP contribution < -0.4 is 10.6 Å². The molecule has 5 heteroatoms. The maximum absolute atomic E-state index is 14.1. The third kappa shape index (κ3) is 4.47. The molecule has 1 aromatic heterocycles. The van der Waals surface area contributed by atoms with Crippen LogP contribution in [0.5, 0.6) is 0 Å². The molecule has 3 aromatic carbocycles. The molecule has 0 bridgehead atoms. The Morgan fingerprint density at radius 2 is 1.59 bits per heavy atom. The van der Waals surface area contributed by atoms with Crippen LogP contribution in [0, 0.1) is 6.92 Å². The van der Waals surface area contributed by atoms with E-state index in [0.717, 1.165) is 47.0 Å². The van der Waals surface area contributed by atoms with E-state index in [4.69, 9.17) is 0 Å². The molecule has 0 radical (unpaired) electrons. The van der Waals surface area contributed by atoms with E-state index in [9.17, 15) is 4.79 Å². The smallest absolute Gasteiger partial charge is 0.256 e. The van der Waals surface area contributed by atoms with Crippen molar-refractivity contribution in [3.05, 3.63) is 108 Å². The minimum absolute atomic E-state index is 0.0606. The number of nitrogens with one attached hydrogen (secondary N) is 2. The second-order valence-electron chi connectivity index (χ2n) is 8.69. The van der Waals surface area contributed by atoms with Gasteiger partial charge in [0.2, 0.25) is 0 Å². The van der Waals surface area contributed by atoms with Crippen molar-refractivity contribution >= 4 is 11.6 Å². The SMILES string of the molecule is Cc1cc(C(=O)N2CCNC[C@@H]2CNc2ccccc2)c(-c2ccccc2)n1-c1ccccc1. The average molecular weight is 451 g/mol. The molecule has 2 heterocycles. The fourth-order valence-electron chi connectivity index (χ4n) is 4.75. The van der Waals surface area contributed by atoms with Crippen molar-refractivity contribution < 1.29 is 4.79 Å². The Hall–Kier alpha value is -3.83. The van der Waals surface area contributed by atoms with Crippen LogP contribution in [0.3, 0.4) is 0 Å². The first kappa shape index (κ1) is 22.0. The first-order valence-electron chi connectivity index (χ1n) is 11.9. The van der Waals surface area contributed by atoms with E-state index in [1.165, 1.54) is 0 Å². The molecule has 0 unspecified atom stereocenters. The Morgan fingerprint density at radius 3 is 2.29 bits per heavy atom. The molecule has 1 amide bonds. The van der Waals surface area contributed by atoms with Gasteiger partial charge in [-0.3, -0.25) is 4.79 Å². The summed E-state index contributed by atoms with van der Waals surface area (Å²) < 4.78 is 2.20. The lowest BCUT2D eigenvalue weighted by molar-refractivity contribution is 0.0650. The third-order valence-corrected chi connectivity index (χ3v) is 6.40. The van der Waals surface area contributed by atoms with Gasteiger partial charge >= 0.3 is 0 Å². The number of hydrogen-bond acceptors (Lipinski definition) is 3. The normalized spacial score (nSPS) is 15.8. The summed E-state index contributed by atoms with van der Waals surface area (Å²) >= 11 is 0. The topological polar surface area (TPSA) is 49.3 Å². The number of piperazine rings is 1. The fraction of sp³-hybridized carbons (Fsp3) is 0.207. The van der Waals surface area contributed by atoms with Crippen LogP contribution in [0.1, 0.15) is 16.1 Å². The zero-order chi connectivity index (χ0) is 23.3. The van der Waals surface area contributed by atoms with E-state index < -0.39 is 0 Å². The molecule has 1 fully saturated rings. The Balaban J connectivity index is 1.51. The lowest BCUT2D eigenvalue weighted by Crippen LogP contribution is -2.56. The van der Waals surface area contributed by atoms with E-state index in [1.807, 2.05) is 65.6 Å². The van der Waals surface area contributed by atoms with Crippen molar-refractivity contribution in [3.63, 3.8) is 0 Å². The molecular weight excluding hydrogens is 420 g/mol. The molecule has 0 saturated carbocycles. The summed E-state index contributed by atoms with van der Waals surface area (Å²) in [6, 6.07) is 32.7. The maximum atomic E-state index is 14.1. The number of nitrogens with zero attached hydrogens (tertiary/aromatic N) is 2. The van der Waals surface area contributed by atoms with E-state index in [-0.39, 0.29) is 11.9 Å². The fourth-order valence-corrected chi connectivity index (χ4v) is 4.75. The predicted molar refractivity (Wildman–Crippen MR) is 139 cm³/mol. The molecule has 172 valence electrons. The Labute approximate surface area is 201 Å². The van der Waals surface area contributed by atoms with Gasteiger partial charge in [-0.05, 0) is 42.8 Å². The molecule has 1 aliphatic rings. The quantitative estimate of drug-likeness (QED) is 0.436. The number of rotatable bonds is 6. The summed E-state index contributed by atoms with van der Waals surface area (Å²) in [5, 5.41) is 6.96. The molecule has 1 aliphatic heterocycles.